The third kappa shape index (κ3) is 7.28. The van der Waals surface area contributed by atoms with Crippen LogP contribution in [0.4, 0.5) is 17.1 Å². The number of nitrogens with zero attached hydrogens (tertiary/aromatic N) is 2. The van der Waals surface area contributed by atoms with E-state index in [-0.39, 0.29) is 10.8 Å². The van der Waals surface area contributed by atoms with Gasteiger partial charge >= 0.3 is 0 Å². The summed E-state index contributed by atoms with van der Waals surface area (Å²) in [7, 11) is 0. The monoisotopic (exact) mass is 890 g/mol. The molecule has 0 spiro atoms. The van der Waals surface area contributed by atoms with Gasteiger partial charge in [-0.25, -0.2) is 0 Å². The van der Waals surface area contributed by atoms with E-state index in [2.05, 4.69) is 263 Å². The molecule has 334 valence electrons. The average molecular weight is 891 g/mol. The predicted octanol–water partition coefficient (Wildman–Crippen LogP) is 18.9. The maximum Gasteiger partial charge on any atom is 0.136 e. The minimum absolute atomic E-state index is 0.0217. The van der Waals surface area contributed by atoms with Crippen molar-refractivity contribution in [1.82, 2.24) is 4.57 Å². The summed E-state index contributed by atoms with van der Waals surface area (Å²) < 4.78 is 8.93. The van der Waals surface area contributed by atoms with Crippen molar-refractivity contribution in [2.45, 2.75) is 52.4 Å². The van der Waals surface area contributed by atoms with Crippen molar-refractivity contribution >= 4 is 71.6 Å². The highest BCUT2D eigenvalue weighted by molar-refractivity contribution is 6.13. The molecule has 3 nitrogen and oxygen atoms in total. The zero-order valence-corrected chi connectivity index (χ0v) is 40.1. The SMILES string of the molecule is CC(C)(C)c1cc(-c2cccc3cccc(-c4ccccc4N(c4ccc5c6ccccc6n(-c6ccccc6)c5c4)c4ccccc4-c4ccc5c(c4)oc4ccccc45)c23)cc(C(C)(C)C)c1. The number of hydrogen-bond acceptors (Lipinski definition) is 2. The van der Waals surface area contributed by atoms with Crippen LogP contribution in [0.5, 0.6) is 0 Å². The number of aromatic nitrogens is 1. The third-order valence-corrected chi connectivity index (χ3v) is 14.1. The van der Waals surface area contributed by atoms with E-state index in [1.54, 1.807) is 0 Å². The Labute approximate surface area is 404 Å². The second-order valence-electron chi connectivity index (χ2n) is 20.6. The Hall–Kier alpha value is -8.14. The quantitative estimate of drug-likeness (QED) is 0.159. The zero-order chi connectivity index (χ0) is 47.0. The summed E-state index contributed by atoms with van der Waals surface area (Å²) in [6, 6.07) is 80.2. The number of rotatable bonds is 7. The van der Waals surface area contributed by atoms with Crippen LogP contribution in [0.2, 0.25) is 0 Å². The van der Waals surface area contributed by atoms with E-state index in [1.807, 2.05) is 6.07 Å². The Bertz CT molecular complexity index is 3890. The molecule has 2 aromatic heterocycles. The fourth-order valence-electron chi connectivity index (χ4n) is 10.5. The van der Waals surface area contributed by atoms with E-state index < -0.39 is 0 Å². The summed E-state index contributed by atoms with van der Waals surface area (Å²) in [5.41, 5.74) is 18.0. The molecule has 0 atom stereocenters. The van der Waals surface area contributed by atoms with Crippen LogP contribution in [-0.2, 0) is 10.8 Å². The first kappa shape index (κ1) is 42.2. The van der Waals surface area contributed by atoms with Crippen LogP contribution in [0.25, 0.3) is 93.6 Å². The molecule has 0 fully saturated rings. The van der Waals surface area contributed by atoms with Gasteiger partial charge in [0.25, 0.3) is 0 Å². The lowest BCUT2D eigenvalue weighted by molar-refractivity contribution is 0.569. The number of anilines is 3. The molecule has 3 heteroatoms. The molecular weight excluding hydrogens is 837 g/mol. The Kier molecular flexibility index (Phi) is 9.97. The Morgan fingerprint density at radius 1 is 0.377 bits per heavy atom. The van der Waals surface area contributed by atoms with Crippen molar-refractivity contribution in [2.75, 3.05) is 4.90 Å². The van der Waals surface area contributed by atoms with Gasteiger partial charge in [-0.15, -0.1) is 0 Å². The molecule has 0 amide bonds. The van der Waals surface area contributed by atoms with Crippen LogP contribution in [0.3, 0.4) is 0 Å². The minimum Gasteiger partial charge on any atom is -0.456 e. The molecule has 0 aliphatic rings. The highest BCUT2D eigenvalue weighted by Gasteiger charge is 2.26. The lowest BCUT2D eigenvalue weighted by Crippen LogP contribution is -2.16. The van der Waals surface area contributed by atoms with Crippen molar-refractivity contribution in [3.8, 4) is 39.1 Å². The highest BCUT2D eigenvalue weighted by Crippen LogP contribution is 2.49. The lowest BCUT2D eigenvalue weighted by Gasteiger charge is -2.30. The third-order valence-electron chi connectivity index (χ3n) is 14.1. The standard InChI is InChI=1S/C66H54N2O/c1-65(2,3)46-38-45(39-47(41-46)66(4,5)6)51-28-18-20-43-21-19-29-57(64(43)51)53-26-12-16-32-60(53)68(49-35-37-54-52-25-11-15-31-59(52)67(61(54)42-49)48-22-8-7-9-23-48)58-30-14-10-24-50(58)44-34-36-56-55-27-13-17-33-62(55)69-63(56)40-44/h7-42H,1-6H3. The normalized spacial score (nSPS) is 12.2. The number of furan rings is 1. The van der Waals surface area contributed by atoms with Gasteiger partial charge in [0.1, 0.15) is 11.2 Å². The average Bonchev–Trinajstić information content (AvgIpc) is 3.91. The van der Waals surface area contributed by atoms with Crippen LogP contribution >= 0.6 is 0 Å². The molecule has 0 unspecified atom stereocenters. The van der Waals surface area contributed by atoms with Gasteiger partial charge in [-0.05, 0) is 116 Å². The molecule has 0 saturated carbocycles. The van der Waals surface area contributed by atoms with Crippen molar-refractivity contribution in [1.29, 1.82) is 0 Å². The van der Waals surface area contributed by atoms with E-state index in [4.69, 9.17) is 4.42 Å². The van der Waals surface area contributed by atoms with Crippen molar-refractivity contribution in [3.05, 3.63) is 230 Å². The van der Waals surface area contributed by atoms with Gasteiger partial charge in [0.15, 0.2) is 0 Å². The van der Waals surface area contributed by atoms with Crippen LogP contribution in [0.1, 0.15) is 52.7 Å². The fraction of sp³-hybridized carbons (Fsp3) is 0.121. The maximum absolute atomic E-state index is 6.52. The maximum atomic E-state index is 6.52. The number of hydrogen-bond donors (Lipinski definition) is 0. The summed E-state index contributed by atoms with van der Waals surface area (Å²) in [6.07, 6.45) is 0. The first-order valence-electron chi connectivity index (χ1n) is 24.2. The summed E-state index contributed by atoms with van der Waals surface area (Å²) in [5.74, 6) is 0. The molecule has 2 heterocycles. The molecule has 0 N–H and O–H groups in total. The fourth-order valence-corrected chi connectivity index (χ4v) is 10.5. The van der Waals surface area contributed by atoms with E-state index in [1.165, 1.54) is 54.9 Å². The molecule has 0 aliphatic heterocycles. The molecule has 0 radical (unpaired) electrons. The Morgan fingerprint density at radius 3 is 1.68 bits per heavy atom. The number of benzene rings is 10. The predicted molar refractivity (Wildman–Crippen MR) is 294 cm³/mol. The second-order valence-corrected chi connectivity index (χ2v) is 20.6. The largest absolute Gasteiger partial charge is 0.456 e. The van der Waals surface area contributed by atoms with E-state index >= 15 is 0 Å². The number of para-hydroxylation sites is 5. The van der Waals surface area contributed by atoms with Crippen LogP contribution in [0, 0.1) is 0 Å². The highest BCUT2D eigenvalue weighted by atomic mass is 16.3. The van der Waals surface area contributed by atoms with Gasteiger partial charge in [0, 0.05) is 44.0 Å². The molecule has 12 aromatic rings. The van der Waals surface area contributed by atoms with E-state index in [0.29, 0.717) is 0 Å². The Balaban J connectivity index is 1.13. The van der Waals surface area contributed by atoms with E-state index in [0.717, 1.165) is 66.9 Å². The van der Waals surface area contributed by atoms with Crippen molar-refractivity contribution in [3.63, 3.8) is 0 Å². The molecule has 0 bridgehead atoms. The molecular formula is C66H54N2O. The van der Waals surface area contributed by atoms with Crippen LogP contribution < -0.4 is 4.90 Å². The Morgan fingerprint density at radius 2 is 0.942 bits per heavy atom. The minimum atomic E-state index is -0.0217. The molecule has 10 aromatic carbocycles. The van der Waals surface area contributed by atoms with Gasteiger partial charge < -0.3 is 13.9 Å². The van der Waals surface area contributed by atoms with Gasteiger partial charge in [-0.2, -0.15) is 0 Å². The topological polar surface area (TPSA) is 21.3 Å². The molecule has 12 rings (SSSR count). The van der Waals surface area contributed by atoms with Crippen LogP contribution in [-0.4, -0.2) is 4.57 Å². The molecule has 69 heavy (non-hydrogen) atoms. The summed E-state index contributed by atoms with van der Waals surface area (Å²) >= 11 is 0. The van der Waals surface area contributed by atoms with Crippen molar-refractivity contribution < 1.29 is 4.42 Å². The summed E-state index contributed by atoms with van der Waals surface area (Å²) in [4.78, 5) is 2.49. The molecule has 0 saturated heterocycles. The smallest absolute Gasteiger partial charge is 0.136 e. The van der Waals surface area contributed by atoms with Gasteiger partial charge in [-0.3, -0.25) is 0 Å². The first-order chi connectivity index (χ1) is 33.5. The number of fused-ring (bicyclic) bond motifs is 7. The van der Waals surface area contributed by atoms with Crippen LogP contribution in [0.15, 0.2) is 223 Å². The van der Waals surface area contributed by atoms with E-state index in [9.17, 15) is 0 Å². The molecule has 0 aliphatic carbocycles. The summed E-state index contributed by atoms with van der Waals surface area (Å²) in [5, 5.41) is 7.12. The zero-order valence-electron chi connectivity index (χ0n) is 40.1. The summed E-state index contributed by atoms with van der Waals surface area (Å²) in [6.45, 7) is 13.9. The van der Waals surface area contributed by atoms with Gasteiger partial charge in [0.05, 0.1) is 22.4 Å². The van der Waals surface area contributed by atoms with Crippen molar-refractivity contribution in [2.24, 2.45) is 0 Å². The van der Waals surface area contributed by atoms with Gasteiger partial charge in [0.2, 0.25) is 0 Å². The van der Waals surface area contributed by atoms with Gasteiger partial charge in [-0.1, -0.05) is 199 Å². The lowest BCUT2D eigenvalue weighted by atomic mass is 9.78. The second kappa shape index (κ2) is 16.3. The first-order valence-corrected chi connectivity index (χ1v) is 24.2.